The van der Waals surface area contributed by atoms with Gasteiger partial charge in [0.1, 0.15) is 24.1 Å². The lowest BCUT2D eigenvalue weighted by atomic mass is 10.1. The molecule has 0 saturated heterocycles. The van der Waals surface area contributed by atoms with Gasteiger partial charge in [0.15, 0.2) is 0 Å². The first-order valence-corrected chi connectivity index (χ1v) is 14.3. The molecule has 0 spiro atoms. The monoisotopic (exact) mass is 587 g/mol. The molecule has 0 aromatic heterocycles. The number of likely N-dealkylation sites (N-methyl/N-ethyl adjacent to an activating group) is 1. The minimum absolute atomic E-state index is 0.145. The molecular formula is C27H30BrN3O5S. The predicted octanol–water partition coefficient (Wildman–Crippen LogP) is 4.56. The Morgan fingerprint density at radius 1 is 0.946 bits per heavy atom. The Morgan fingerprint density at radius 3 is 2.11 bits per heavy atom. The summed E-state index contributed by atoms with van der Waals surface area (Å²) in [7, 11) is -3.81. The Balaban J connectivity index is 1.85. The van der Waals surface area contributed by atoms with E-state index < -0.39 is 28.5 Å². The van der Waals surface area contributed by atoms with Gasteiger partial charge in [-0.3, -0.25) is 13.9 Å². The van der Waals surface area contributed by atoms with E-state index in [1.165, 1.54) is 4.90 Å². The fourth-order valence-corrected chi connectivity index (χ4v) is 4.72. The number of rotatable bonds is 11. The first-order chi connectivity index (χ1) is 17.6. The van der Waals surface area contributed by atoms with Crippen LogP contribution < -0.4 is 14.4 Å². The van der Waals surface area contributed by atoms with Gasteiger partial charge in [0.25, 0.3) is 0 Å². The van der Waals surface area contributed by atoms with Crippen LogP contribution in [-0.4, -0.2) is 50.5 Å². The quantitative estimate of drug-likeness (QED) is 0.355. The zero-order valence-electron chi connectivity index (χ0n) is 20.9. The maximum atomic E-state index is 13.5. The van der Waals surface area contributed by atoms with Gasteiger partial charge in [-0.1, -0.05) is 46.3 Å². The summed E-state index contributed by atoms with van der Waals surface area (Å²) in [5.41, 5.74) is 1.12. The van der Waals surface area contributed by atoms with E-state index in [0.29, 0.717) is 23.7 Å². The summed E-state index contributed by atoms with van der Waals surface area (Å²) in [6, 6.07) is 22.2. The minimum atomic E-state index is -3.81. The summed E-state index contributed by atoms with van der Waals surface area (Å²) in [5.74, 6) is 0.350. The molecule has 0 aliphatic heterocycles. The number of hydrogen-bond donors (Lipinski definition) is 1. The maximum Gasteiger partial charge on any atom is 0.244 e. The minimum Gasteiger partial charge on any atom is -0.457 e. The molecule has 2 amide bonds. The number of sulfonamides is 1. The van der Waals surface area contributed by atoms with Crippen LogP contribution in [0.15, 0.2) is 83.3 Å². The largest absolute Gasteiger partial charge is 0.457 e. The third-order valence-electron chi connectivity index (χ3n) is 5.57. The van der Waals surface area contributed by atoms with E-state index >= 15 is 0 Å². The molecule has 0 aliphatic rings. The van der Waals surface area contributed by atoms with Crippen LogP contribution in [0.1, 0.15) is 19.4 Å². The lowest BCUT2D eigenvalue weighted by Crippen LogP contribution is -2.51. The molecule has 0 fully saturated rings. The molecule has 8 nitrogen and oxygen atoms in total. The van der Waals surface area contributed by atoms with Gasteiger partial charge in [0, 0.05) is 17.6 Å². The van der Waals surface area contributed by atoms with Crippen LogP contribution in [-0.2, 0) is 26.2 Å². The Bertz CT molecular complexity index is 1300. The molecule has 0 bridgehead atoms. The van der Waals surface area contributed by atoms with Gasteiger partial charge in [-0.15, -0.1) is 0 Å². The van der Waals surface area contributed by atoms with Crippen molar-refractivity contribution in [2.45, 2.75) is 26.4 Å². The van der Waals surface area contributed by atoms with E-state index in [1.807, 2.05) is 54.6 Å². The summed E-state index contributed by atoms with van der Waals surface area (Å²) in [4.78, 5) is 27.5. The van der Waals surface area contributed by atoms with E-state index in [1.54, 1.807) is 38.1 Å². The van der Waals surface area contributed by atoms with Crippen molar-refractivity contribution in [3.8, 4) is 11.5 Å². The molecule has 37 heavy (non-hydrogen) atoms. The normalized spacial score (nSPS) is 11.9. The second-order valence-electron chi connectivity index (χ2n) is 8.40. The second-order valence-corrected chi connectivity index (χ2v) is 11.2. The lowest BCUT2D eigenvalue weighted by molar-refractivity contribution is -0.139. The van der Waals surface area contributed by atoms with Crippen molar-refractivity contribution in [3.05, 3.63) is 88.9 Å². The van der Waals surface area contributed by atoms with Gasteiger partial charge < -0.3 is 15.0 Å². The highest BCUT2D eigenvalue weighted by Crippen LogP contribution is 2.26. The highest BCUT2D eigenvalue weighted by molar-refractivity contribution is 9.10. The number of anilines is 1. The zero-order valence-corrected chi connectivity index (χ0v) is 23.3. The number of benzene rings is 3. The highest BCUT2D eigenvalue weighted by Gasteiger charge is 2.30. The smallest absolute Gasteiger partial charge is 0.244 e. The molecule has 1 atom stereocenters. The summed E-state index contributed by atoms with van der Waals surface area (Å²) in [6.45, 7) is 3.52. The summed E-state index contributed by atoms with van der Waals surface area (Å²) < 4.78 is 33.1. The number of nitrogens with one attached hydrogen (secondary N) is 1. The molecule has 196 valence electrons. The van der Waals surface area contributed by atoms with Gasteiger partial charge in [0.2, 0.25) is 21.8 Å². The average molecular weight is 589 g/mol. The van der Waals surface area contributed by atoms with E-state index in [0.717, 1.165) is 20.6 Å². The van der Waals surface area contributed by atoms with Crippen molar-refractivity contribution in [2.75, 3.05) is 23.7 Å². The van der Waals surface area contributed by atoms with Crippen molar-refractivity contribution >= 4 is 43.5 Å². The van der Waals surface area contributed by atoms with Gasteiger partial charge in [0.05, 0.1) is 11.9 Å². The number of halogens is 1. The van der Waals surface area contributed by atoms with E-state index in [9.17, 15) is 18.0 Å². The molecule has 3 rings (SSSR count). The number of ether oxygens (including phenoxy) is 1. The predicted molar refractivity (Wildman–Crippen MR) is 148 cm³/mol. The van der Waals surface area contributed by atoms with Crippen molar-refractivity contribution in [1.82, 2.24) is 10.2 Å². The Hall–Kier alpha value is -3.37. The zero-order chi connectivity index (χ0) is 27.0. The van der Waals surface area contributed by atoms with Gasteiger partial charge in [-0.05, 0) is 67.9 Å². The summed E-state index contributed by atoms with van der Waals surface area (Å²) >= 11 is 3.39. The standard InChI is InChI=1S/C27H30BrN3O5S/c1-4-29-27(33)20(2)30(18-21-10-12-22(28)13-11-21)26(32)19-31(37(3,34)35)23-14-16-25(17-15-23)36-24-8-6-5-7-9-24/h5-17,20H,4,18-19H2,1-3H3,(H,29,33)/t20-/m1/s1. The third-order valence-corrected chi connectivity index (χ3v) is 7.24. The van der Waals surface area contributed by atoms with Gasteiger partial charge >= 0.3 is 0 Å². The number of carbonyl (C=O) groups is 2. The molecule has 0 radical (unpaired) electrons. The van der Waals surface area contributed by atoms with Gasteiger partial charge in [-0.2, -0.15) is 0 Å². The SMILES string of the molecule is CCNC(=O)[C@@H](C)N(Cc1ccc(Br)cc1)C(=O)CN(c1ccc(Oc2ccccc2)cc1)S(C)(=O)=O. The molecule has 1 N–H and O–H groups in total. The van der Waals surface area contributed by atoms with Crippen LogP contribution in [0.5, 0.6) is 11.5 Å². The van der Waals surface area contributed by atoms with E-state index in [-0.39, 0.29) is 12.5 Å². The summed E-state index contributed by atoms with van der Waals surface area (Å²) in [6.07, 6.45) is 1.04. The molecule has 0 unspecified atom stereocenters. The van der Waals surface area contributed by atoms with Gasteiger partial charge in [-0.25, -0.2) is 8.42 Å². The number of carbonyl (C=O) groups excluding carboxylic acids is 2. The summed E-state index contributed by atoms with van der Waals surface area (Å²) in [5, 5.41) is 2.73. The van der Waals surface area contributed by atoms with E-state index in [2.05, 4.69) is 21.2 Å². The second kappa shape index (κ2) is 12.7. The molecule has 3 aromatic carbocycles. The first kappa shape index (κ1) is 28.2. The van der Waals surface area contributed by atoms with Crippen LogP contribution >= 0.6 is 15.9 Å². The first-order valence-electron chi connectivity index (χ1n) is 11.7. The van der Waals surface area contributed by atoms with E-state index in [4.69, 9.17) is 4.74 Å². The molecule has 10 heteroatoms. The number of nitrogens with zero attached hydrogens (tertiary/aromatic N) is 2. The fraction of sp³-hybridized carbons (Fsp3) is 0.259. The molecular weight excluding hydrogens is 558 g/mol. The average Bonchev–Trinajstić information content (AvgIpc) is 2.87. The molecule has 0 heterocycles. The topological polar surface area (TPSA) is 96.0 Å². The van der Waals surface area contributed by atoms with Crippen LogP contribution in [0.25, 0.3) is 0 Å². The Kier molecular flexibility index (Phi) is 9.71. The number of hydrogen-bond acceptors (Lipinski definition) is 5. The number of para-hydroxylation sites is 1. The van der Waals surface area contributed by atoms with Crippen molar-refractivity contribution in [2.24, 2.45) is 0 Å². The fourth-order valence-electron chi connectivity index (χ4n) is 3.61. The van der Waals surface area contributed by atoms with Crippen molar-refractivity contribution < 1.29 is 22.7 Å². The maximum absolute atomic E-state index is 13.5. The van der Waals surface area contributed by atoms with Crippen LogP contribution in [0.4, 0.5) is 5.69 Å². The Labute approximate surface area is 226 Å². The third kappa shape index (κ3) is 8.06. The number of amides is 2. The highest BCUT2D eigenvalue weighted by atomic mass is 79.9. The van der Waals surface area contributed by atoms with Crippen molar-refractivity contribution in [1.29, 1.82) is 0 Å². The molecule has 3 aromatic rings. The van der Waals surface area contributed by atoms with Crippen LogP contribution in [0.3, 0.4) is 0 Å². The van der Waals surface area contributed by atoms with Crippen molar-refractivity contribution in [3.63, 3.8) is 0 Å². The lowest BCUT2D eigenvalue weighted by Gasteiger charge is -2.31. The molecule has 0 aliphatic carbocycles. The van der Waals surface area contributed by atoms with Crippen LogP contribution in [0.2, 0.25) is 0 Å². The Morgan fingerprint density at radius 2 is 1.54 bits per heavy atom. The molecule has 0 saturated carbocycles. The van der Waals surface area contributed by atoms with Crippen LogP contribution in [0, 0.1) is 0 Å².